The molecule has 0 atom stereocenters. The molecule has 5 nitrogen and oxygen atoms in total. The van der Waals surface area contributed by atoms with E-state index in [-0.39, 0.29) is 4.21 Å². The number of hydrogen-bond acceptors (Lipinski definition) is 5. The molecule has 2 aromatic heterocycles. The second kappa shape index (κ2) is 4.57. The molecule has 0 saturated heterocycles. The molecule has 0 radical (unpaired) electrons. The van der Waals surface area contributed by atoms with E-state index in [9.17, 15) is 8.42 Å². The third-order valence-corrected chi connectivity index (χ3v) is 6.32. The number of fused-ring (bicyclic) bond motifs is 1. The molecule has 2 heterocycles. The second-order valence-electron chi connectivity index (χ2n) is 4.36. The van der Waals surface area contributed by atoms with Gasteiger partial charge in [0.2, 0.25) is 0 Å². The smallest absolute Gasteiger partial charge is 0.185 e. The summed E-state index contributed by atoms with van der Waals surface area (Å²) in [6.45, 7) is 0. The van der Waals surface area contributed by atoms with E-state index in [0.29, 0.717) is 21.6 Å². The van der Waals surface area contributed by atoms with Gasteiger partial charge in [0.05, 0.1) is 5.39 Å². The molecular weight excluding hydrogens is 362 g/mol. The highest BCUT2D eigenvalue weighted by Gasteiger charge is 2.24. The van der Waals surface area contributed by atoms with E-state index < -0.39 is 9.84 Å². The van der Waals surface area contributed by atoms with Crippen molar-refractivity contribution in [3.8, 4) is 11.1 Å². The van der Waals surface area contributed by atoms with Crippen LogP contribution in [0.5, 0.6) is 0 Å². The number of aromatic amines is 1. The standard InChI is InChI=1S/C12H10BrN3O2S2/c1-20(17,18)12-8(6-2-4-7(13)5-3-6)9-10(14)15-16-11(9)19-12/h2-5H,1H3,(H3,14,15,16). The normalized spacial score (nSPS) is 12.1. The Bertz CT molecular complexity index is 895. The fraction of sp³-hybridized carbons (Fsp3) is 0.0833. The van der Waals surface area contributed by atoms with E-state index in [1.165, 1.54) is 6.26 Å². The fourth-order valence-electron chi connectivity index (χ4n) is 2.03. The Labute approximate surface area is 127 Å². The average Bonchev–Trinajstić information content (AvgIpc) is 2.91. The largest absolute Gasteiger partial charge is 0.384 e. The molecule has 0 amide bonds. The Kier molecular flexibility index (Phi) is 3.11. The van der Waals surface area contributed by atoms with Crippen LogP contribution in [0, 0.1) is 0 Å². The van der Waals surface area contributed by atoms with Gasteiger partial charge in [-0.15, -0.1) is 11.3 Å². The number of anilines is 1. The highest BCUT2D eigenvalue weighted by molar-refractivity contribution is 9.10. The number of aromatic nitrogens is 2. The Hall–Kier alpha value is -1.38. The minimum Gasteiger partial charge on any atom is -0.384 e. The number of nitrogens with one attached hydrogen (secondary N) is 1. The summed E-state index contributed by atoms with van der Waals surface area (Å²) in [5, 5.41) is 7.41. The van der Waals surface area contributed by atoms with Crippen LogP contribution in [0.3, 0.4) is 0 Å². The average molecular weight is 372 g/mol. The minimum absolute atomic E-state index is 0.290. The molecule has 0 spiro atoms. The van der Waals surface area contributed by atoms with Gasteiger partial charge in [0.15, 0.2) is 9.84 Å². The number of hydrogen-bond donors (Lipinski definition) is 2. The number of rotatable bonds is 2. The van der Waals surface area contributed by atoms with Crippen molar-refractivity contribution in [2.45, 2.75) is 4.21 Å². The zero-order valence-corrected chi connectivity index (χ0v) is 13.6. The van der Waals surface area contributed by atoms with Crippen molar-refractivity contribution in [3.05, 3.63) is 28.7 Å². The molecule has 1 aromatic carbocycles. The molecule has 104 valence electrons. The number of nitrogens with zero attached hydrogens (tertiary/aromatic N) is 1. The predicted molar refractivity (Wildman–Crippen MR) is 84.6 cm³/mol. The van der Waals surface area contributed by atoms with E-state index in [1.54, 1.807) is 0 Å². The Morgan fingerprint density at radius 2 is 1.95 bits per heavy atom. The highest BCUT2D eigenvalue weighted by Crippen LogP contribution is 2.43. The molecule has 0 bridgehead atoms. The molecule has 0 aliphatic carbocycles. The minimum atomic E-state index is -3.34. The van der Waals surface area contributed by atoms with E-state index in [2.05, 4.69) is 26.1 Å². The van der Waals surface area contributed by atoms with Gasteiger partial charge in [-0.1, -0.05) is 28.1 Å². The molecule has 3 rings (SSSR count). The van der Waals surface area contributed by atoms with Gasteiger partial charge in [-0.05, 0) is 17.7 Å². The molecule has 20 heavy (non-hydrogen) atoms. The van der Waals surface area contributed by atoms with Crippen molar-refractivity contribution in [1.29, 1.82) is 0 Å². The van der Waals surface area contributed by atoms with Crippen LogP contribution in [0.15, 0.2) is 32.9 Å². The second-order valence-corrected chi connectivity index (χ2v) is 8.49. The van der Waals surface area contributed by atoms with Crippen molar-refractivity contribution in [1.82, 2.24) is 10.2 Å². The van der Waals surface area contributed by atoms with Gasteiger partial charge < -0.3 is 5.73 Å². The van der Waals surface area contributed by atoms with Gasteiger partial charge in [0.1, 0.15) is 14.9 Å². The highest BCUT2D eigenvalue weighted by atomic mass is 79.9. The first-order valence-electron chi connectivity index (χ1n) is 5.60. The Morgan fingerprint density at radius 3 is 2.55 bits per heavy atom. The van der Waals surface area contributed by atoms with Crippen LogP contribution in [-0.4, -0.2) is 24.9 Å². The first kappa shape index (κ1) is 13.6. The van der Waals surface area contributed by atoms with Crippen molar-refractivity contribution in [2.24, 2.45) is 0 Å². The number of nitrogen functional groups attached to an aromatic ring is 1. The summed E-state index contributed by atoms with van der Waals surface area (Å²) in [6.07, 6.45) is 1.19. The number of nitrogens with two attached hydrogens (primary N) is 1. The maximum absolute atomic E-state index is 12.0. The maximum atomic E-state index is 12.0. The van der Waals surface area contributed by atoms with Crippen LogP contribution < -0.4 is 5.73 Å². The Balaban J connectivity index is 2.42. The molecule has 8 heteroatoms. The number of sulfone groups is 1. The predicted octanol–water partition coefficient (Wildman–Crippen LogP) is 3.04. The fourth-order valence-corrected chi connectivity index (χ4v) is 4.63. The van der Waals surface area contributed by atoms with Crippen LogP contribution in [0.25, 0.3) is 21.3 Å². The molecule has 0 fully saturated rings. The lowest BCUT2D eigenvalue weighted by Crippen LogP contribution is -1.96. The third kappa shape index (κ3) is 2.13. The monoisotopic (exact) mass is 371 g/mol. The first-order chi connectivity index (χ1) is 9.38. The number of thiophene rings is 1. The molecule has 0 saturated carbocycles. The van der Waals surface area contributed by atoms with E-state index in [0.717, 1.165) is 21.4 Å². The zero-order valence-electron chi connectivity index (χ0n) is 10.3. The summed E-state index contributed by atoms with van der Waals surface area (Å²) in [5.41, 5.74) is 7.30. The topological polar surface area (TPSA) is 88.8 Å². The summed E-state index contributed by atoms with van der Waals surface area (Å²) < 4.78 is 25.2. The van der Waals surface area contributed by atoms with E-state index in [1.807, 2.05) is 24.3 Å². The lowest BCUT2D eigenvalue weighted by atomic mass is 10.1. The van der Waals surface area contributed by atoms with E-state index in [4.69, 9.17) is 5.73 Å². The lowest BCUT2D eigenvalue weighted by molar-refractivity contribution is 0.604. The van der Waals surface area contributed by atoms with Gasteiger partial charge in [0, 0.05) is 16.3 Å². The molecular formula is C12H10BrN3O2S2. The van der Waals surface area contributed by atoms with Crippen LogP contribution >= 0.6 is 27.3 Å². The van der Waals surface area contributed by atoms with Crippen LogP contribution in [-0.2, 0) is 9.84 Å². The zero-order chi connectivity index (χ0) is 14.5. The molecule has 3 N–H and O–H groups in total. The number of benzene rings is 1. The number of halogens is 1. The number of H-pyrrole nitrogens is 1. The van der Waals surface area contributed by atoms with Crippen molar-refractivity contribution < 1.29 is 8.42 Å². The summed E-state index contributed by atoms with van der Waals surface area (Å²) in [7, 11) is -3.34. The van der Waals surface area contributed by atoms with Crippen LogP contribution in [0.1, 0.15) is 0 Å². The maximum Gasteiger partial charge on any atom is 0.185 e. The SMILES string of the molecule is CS(=O)(=O)c1sc2n[nH]c(N)c2c1-c1ccc(Br)cc1. The summed E-state index contributed by atoms with van der Waals surface area (Å²) >= 11 is 4.49. The summed E-state index contributed by atoms with van der Waals surface area (Å²) in [6, 6.07) is 7.43. The van der Waals surface area contributed by atoms with Gasteiger partial charge in [-0.2, -0.15) is 5.10 Å². The summed E-state index contributed by atoms with van der Waals surface area (Å²) in [4.78, 5) is 0.598. The molecule has 0 aliphatic rings. The van der Waals surface area contributed by atoms with Gasteiger partial charge in [-0.25, -0.2) is 8.42 Å². The Morgan fingerprint density at radius 1 is 1.30 bits per heavy atom. The van der Waals surface area contributed by atoms with Crippen molar-refractivity contribution >= 4 is 53.1 Å². The van der Waals surface area contributed by atoms with Gasteiger partial charge in [-0.3, -0.25) is 5.10 Å². The quantitative estimate of drug-likeness (QED) is 0.724. The molecule has 0 aliphatic heterocycles. The third-order valence-electron chi connectivity index (χ3n) is 2.87. The van der Waals surface area contributed by atoms with Crippen molar-refractivity contribution in [2.75, 3.05) is 12.0 Å². The van der Waals surface area contributed by atoms with Gasteiger partial charge >= 0.3 is 0 Å². The van der Waals surface area contributed by atoms with Gasteiger partial charge in [0.25, 0.3) is 0 Å². The van der Waals surface area contributed by atoms with Crippen LogP contribution in [0.2, 0.25) is 0 Å². The van der Waals surface area contributed by atoms with Crippen LogP contribution in [0.4, 0.5) is 5.82 Å². The lowest BCUT2D eigenvalue weighted by Gasteiger charge is -2.04. The van der Waals surface area contributed by atoms with Crippen molar-refractivity contribution in [3.63, 3.8) is 0 Å². The van der Waals surface area contributed by atoms with E-state index >= 15 is 0 Å². The first-order valence-corrected chi connectivity index (χ1v) is 9.10. The molecule has 3 aromatic rings. The molecule has 0 unspecified atom stereocenters. The summed E-state index contributed by atoms with van der Waals surface area (Å²) in [5.74, 6) is 0.379.